The summed E-state index contributed by atoms with van der Waals surface area (Å²) < 4.78 is 68.9. The Balaban J connectivity index is 0.850. The maximum absolute atomic E-state index is 13.6. The number of amides is 5. The topological polar surface area (TPSA) is 296 Å². The number of esters is 3. The highest BCUT2D eigenvalue weighted by Crippen LogP contribution is 2.42. The molecule has 5 atom stereocenters. The fraction of sp³-hybridized carbons (Fsp3) is 0.540. The molecule has 1 saturated heterocycles. The van der Waals surface area contributed by atoms with Crippen LogP contribution in [0.4, 0.5) is 24.9 Å². The van der Waals surface area contributed by atoms with E-state index in [2.05, 4.69) is 16.0 Å². The first-order valence-corrected chi connectivity index (χ1v) is 29.8. The Kier molecular flexibility index (Phi) is 24.1. The number of aromatic nitrogens is 1. The number of unbranched alkanes of at least 4 members (excludes halogenated alkanes) is 6. The number of hydrogen-bond acceptors (Lipinski definition) is 21. The first kappa shape index (κ1) is 68.6. The van der Waals surface area contributed by atoms with Gasteiger partial charge in [0.2, 0.25) is 24.7 Å². The second-order valence-corrected chi connectivity index (χ2v) is 23.1. The maximum Gasteiger partial charge on any atom is 0.415 e. The van der Waals surface area contributed by atoms with E-state index in [4.69, 9.17) is 56.8 Å². The Morgan fingerprint density at radius 1 is 0.700 bits per heavy atom. The summed E-state index contributed by atoms with van der Waals surface area (Å²) in [5, 5.41) is 15.7. The smallest absolute Gasteiger partial charge is 0.415 e. The van der Waals surface area contributed by atoms with Gasteiger partial charge in [-0.1, -0.05) is 38.2 Å². The highest BCUT2D eigenvalue weighted by atomic mass is 16.7. The molecule has 0 unspecified atom stereocenters. The van der Waals surface area contributed by atoms with Crippen molar-refractivity contribution in [2.24, 2.45) is 0 Å². The monoisotopic (exact) mass is 1260 g/mol. The van der Waals surface area contributed by atoms with Gasteiger partial charge in [0.15, 0.2) is 54.1 Å². The van der Waals surface area contributed by atoms with Gasteiger partial charge in [0.05, 0.1) is 37.5 Å². The van der Waals surface area contributed by atoms with Crippen LogP contribution in [-0.2, 0) is 71.9 Å². The van der Waals surface area contributed by atoms with Crippen molar-refractivity contribution in [3.05, 3.63) is 65.9 Å². The van der Waals surface area contributed by atoms with Crippen molar-refractivity contribution in [2.75, 3.05) is 87.3 Å². The molecule has 4 aromatic rings. The van der Waals surface area contributed by atoms with E-state index in [1.165, 1.54) is 52.0 Å². The number of hydrogen-bond donors (Lipinski definition) is 2. The lowest BCUT2D eigenvalue weighted by Gasteiger charge is -2.41. The SMILES string of the molecule is COC(=O)[C@H]1O[C@@H](Oc2ccc(COC(=O)N(C)CCN(C)C(=O)OC(C)(C)C)cc2NC(=O)CCCCCCCCCOC(=O)N(C)CCN(C)C(=O)Oc2c(OC)ccc3cc4[n+](cc23)CCc2cc3c(cc2-4)OCO3)[C@H](OC(C)=O)[C@@H](O)[C@@H]1OC(C)=O. The third-order valence-corrected chi connectivity index (χ3v) is 14.9. The predicted molar refractivity (Wildman–Crippen MR) is 321 cm³/mol. The van der Waals surface area contributed by atoms with Crippen molar-refractivity contribution in [3.8, 4) is 40.0 Å². The number of nitrogens with one attached hydrogen (secondary N) is 1. The van der Waals surface area contributed by atoms with E-state index in [0.29, 0.717) is 48.3 Å². The quantitative estimate of drug-likeness (QED) is 0.0270. The van der Waals surface area contributed by atoms with Crippen LogP contribution in [0.5, 0.6) is 28.7 Å². The molecule has 0 saturated carbocycles. The van der Waals surface area contributed by atoms with Crippen LogP contribution >= 0.6 is 0 Å². The zero-order chi connectivity index (χ0) is 65.4. The summed E-state index contributed by atoms with van der Waals surface area (Å²) in [4.78, 5) is 108. The highest BCUT2D eigenvalue weighted by molar-refractivity contribution is 5.94. The number of likely N-dealkylation sites (N-methyl/N-ethyl adjacent to an activating group) is 4. The van der Waals surface area contributed by atoms with Gasteiger partial charge in [0.25, 0.3) is 0 Å². The molecular weight excluding hydrogens is 1180 g/mol. The zero-order valence-corrected chi connectivity index (χ0v) is 53.0. The van der Waals surface area contributed by atoms with Crippen LogP contribution in [-0.4, -0.2) is 191 Å². The summed E-state index contributed by atoms with van der Waals surface area (Å²) in [7, 11) is 8.80. The normalized spacial score (nSPS) is 17.1. The van der Waals surface area contributed by atoms with Gasteiger partial charge in [0.1, 0.15) is 24.1 Å². The first-order chi connectivity index (χ1) is 42.8. The Morgan fingerprint density at radius 2 is 1.30 bits per heavy atom. The second kappa shape index (κ2) is 31.6. The molecule has 7 rings (SSSR count). The molecule has 0 radical (unpaired) electrons. The number of pyridine rings is 1. The summed E-state index contributed by atoms with van der Waals surface area (Å²) >= 11 is 0. The van der Waals surface area contributed by atoms with Gasteiger partial charge in [-0.2, -0.15) is 4.57 Å². The van der Waals surface area contributed by atoms with Gasteiger partial charge >= 0.3 is 42.3 Å². The molecule has 5 amide bonds. The molecule has 2 N–H and O–H groups in total. The number of anilines is 1. The number of rotatable bonds is 26. The van der Waals surface area contributed by atoms with E-state index in [-0.39, 0.29) is 69.8 Å². The van der Waals surface area contributed by atoms with Crippen molar-refractivity contribution < 1.29 is 105 Å². The summed E-state index contributed by atoms with van der Waals surface area (Å²) in [5.41, 5.74) is 2.97. The van der Waals surface area contributed by atoms with E-state index in [1.54, 1.807) is 48.0 Å². The number of aryl methyl sites for hydroxylation is 2. The maximum atomic E-state index is 13.6. The summed E-state index contributed by atoms with van der Waals surface area (Å²) in [6.07, 6.45) is -2.98. The zero-order valence-electron chi connectivity index (χ0n) is 53.0. The molecule has 3 aliphatic heterocycles. The van der Waals surface area contributed by atoms with Crippen molar-refractivity contribution >= 4 is 64.6 Å². The number of methoxy groups -OCH3 is 2. The molecular formula is C63H83N6O21+. The number of benzene rings is 3. The lowest BCUT2D eigenvalue weighted by molar-refractivity contribution is -0.686. The van der Waals surface area contributed by atoms with Crippen LogP contribution < -0.4 is 33.6 Å². The van der Waals surface area contributed by atoms with Crippen molar-refractivity contribution in [1.82, 2.24) is 19.6 Å². The molecule has 3 aromatic carbocycles. The van der Waals surface area contributed by atoms with Crippen molar-refractivity contribution in [3.63, 3.8) is 0 Å². The Bertz CT molecular complexity index is 3240. The van der Waals surface area contributed by atoms with E-state index < -0.39 is 84.5 Å². The number of fused-ring (bicyclic) bond motifs is 5. The molecule has 27 nitrogen and oxygen atoms in total. The van der Waals surface area contributed by atoms with E-state index in [0.717, 1.165) is 81.0 Å². The Labute approximate surface area is 522 Å². The molecule has 0 bridgehead atoms. The third kappa shape index (κ3) is 18.6. The largest absolute Gasteiger partial charge is 0.493 e. The van der Waals surface area contributed by atoms with E-state index in [1.807, 2.05) is 24.4 Å². The standard InChI is InChI=1S/C63H82N6O21/c1-38(70)85-54-52(73)55(86-39(2)71)58(88-56(54)57(74)80-11)87-47-22-20-40(36-82-60(76)66(7)27-29-68(9)62(78)90-63(3,4)5)31-45(47)64-51(72)19-17-15-13-12-14-16-18-30-81-59(75)65(6)26-28-67(8)61(77)89-53-44-35-69-25-24-42-33-49-50(84-37-83-49)34-43(42)46(69)32-41(44)21-23-48(53)79-10/h20-23,31-35,52,54-56,58,73H,12-19,24-30,36-37H2,1-11H3/p+1/t52-,54-,55+,56-,58+/m0/s1. The number of carbonyl (C=O) groups excluding carboxylic acids is 8. The van der Waals surface area contributed by atoms with Crippen LogP contribution in [0, 0.1) is 0 Å². The predicted octanol–water partition coefficient (Wildman–Crippen LogP) is 7.28. The molecule has 90 heavy (non-hydrogen) atoms. The Hall–Kier alpha value is -8.85. The molecule has 1 fully saturated rings. The molecule has 27 heteroatoms. The lowest BCUT2D eigenvalue weighted by atomic mass is 9.95. The van der Waals surface area contributed by atoms with Crippen LogP contribution in [0.25, 0.3) is 22.0 Å². The van der Waals surface area contributed by atoms with E-state index >= 15 is 0 Å². The van der Waals surface area contributed by atoms with Crippen molar-refractivity contribution in [2.45, 2.75) is 142 Å². The van der Waals surface area contributed by atoms with Crippen LogP contribution in [0.1, 0.15) is 97.1 Å². The summed E-state index contributed by atoms with van der Waals surface area (Å²) in [6.45, 7) is 8.79. The molecule has 0 aliphatic carbocycles. The average Bonchev–Trinajstić information content (AvgIpc) is 1.66. The van der Waals surface area contributed by atoms with Gasteiger partial charge in [-0.3, -0.25) is 14.4 Å². The number of aliphatic hydroxyl groups excluding tert-OH is 1. The first-order valence-electron chi connectivity index (χ1n) is 29.8. The van der Waals surface area contributed by atoms with Crippen molar-refractivity contribution in [1.29, 1.82) is 0 Å². The number of carbonyl (C=O) groups is 8. The van der Waals surface area contributed by atoms with Crippen LogP contribution in [0.2, 0.25) is 0 Å². The van der Waals surface area contributed by atoms with Crippen LogP contribution in [0.3, 0.4) is 0 Å². The third-order valence-electron chi connectivity index (χ3n) is 14.9. The molecule has 1 aromatic heterocycles. The minimum Gasteiger partial charge on any atom is -0.493 e. The minimum absolute atomic E-state index is 0.0626. The van der Waals surface area contributed by atoms with Gasteiger partial charge in [-0.25, -0.2) is 24.0 Å². The van der Waals surface area contributed by atoms with Gasteiger partial charge in [0, 0.05) is 87.1 Å². The molecule has 3 aliphatic rings. The second-order valence-electron chi connectivity index (χ2n) is 23.1. The number of aliphatic hydroxyl groups is 1. The van der Waals surface area contributed by atoms with E-state index in [9.17, 15) is 43.5 Å². The van der Waals surface area contributed by atoms with Gasteiger partial charge in [-0.05, 0) is 86.5 Å². The van der Waals surface area contributed by atoms with Gasteiger partial charge in [-0.15, -0.1) is 0 Å². The molecule has 0 spiro atoms. The van der Waals surface area contributed by atoms with Gasteiger partial charge < -0.3 is 86.9 Å². The fourth-order valence-electron chi connectivity index (χ4n) is 10.0. The number of ether oxygens (including phenoxy) is 12. The molecule has 490 valence electrons. The average molecular weight is 1260 g/mol. The lowest BCUT2D eigenvalue weighted by Crippen LogP contribution is -2.63. The molecule has 4 heterocycles. The summed E-state index contributed by atoms with van der Waals surface area (Å²) in [5.74, 6) is -1.12. The summed E-state index contributed by atoms with van der Waals surface area (Å²) in [6, 6.07) is 14.2. The van der Waals surface area contributed by atoms with Crippen LogP contribution in [0.15, 0.2) is 54.7 Å². The Morgan fingerprint density at radius 3 is 1.94 bits per heavy atom. The number of nitrogens with zero attached hydrogens (tertiary/aromatic N) is 5. The minimum atomic E-state index is -1.84. The fourth-order valence-corrected chi connectivity index (χ4v) is 10.0. The highest BCUT2D eigenvalue weighted by Gasteiger charge is 2.53.